The number of nitrogens with zero attached hydrogens (tertiary/aromatic N) is 3. The van der Waals surface area contributed by atoms with Crippen molar-refractivity contribution in [1.29, 1.82) is 0 Å². The maximum Gasteiger partial charge on any atom is 0.236 e. The Morgan fingerprint density at radius 2 is 2.05 bits per heavy atom. The van der Waals surface area contributed by atoms with Crippen LogP contribution in [0.2, 0.25) is 0 Å². The summed E-state index contributed by atoms with van der Waals surface area (Å²) in [5.41, 5.74) is 1.13. The van der Waals surface area contributed by atoms with Crippen molar-refractivity contribution >= 4 is 5.91 Å². The number of likely N-dealkylation sites (tertiary alicyclic amines) is 1. The lowest BCUT2D eigenvalue weighted by molar-refractivity contribution is -0.134. The molecule has 0 aromatic carbocycles. The summed E-state index contributed by atoms with van der Waals surface area (Å²) in [7, 11) is 1.93. The van der Waals surface area contributed by atoms with Gasteiger partial charge >= 0.3 is 0 Å². The molecular weight excluding hydrogens is 282 g/mol. The molecule has 0 spiro atoms. The van der Waals surface area contributed by atoms with Crippen LogP contribution in [0.25, 0.3) is 0 Å². The minimum absolute atomic E-state index is 0.101. The van der Waals surface area contributed by atoms with Crippen LogP contribution >= 0.6 is 0 Å². The number of hydrogen-bond acceptors (Lipinski definition) is 5. The Bertz CT molecular complexity index is 461. The number of likely N-dealkylation sites (N-methyl/N-ethyl adjacent to an activating group) is 1. The van der Waals surface area contributed by atoms with Gasteiger partial charge in [-0.2, -0.15) is 0 Å². The normalized spacial score (nSPS) is 17.7. The lowest BCUT2D eigenvalue weighted by atomic mass is 9.91. The maximum absolute atomic E-state index is 12.3. The first-order chi connectivity index (χ1) is 10.6. The smallest absolute Gasteiger partial charge is 0.236 e. The van der Waals surface area contributed by atoms with Crippen LogP contribution in [0.5, 0.6) is 0 Å². The van der Waals surface area contributed by atoms with Gasteiger partial charge in [-0.3, -0.25) is 14.7 Å². The van der Waals surface area contributed by atoms with Gasteiger partial charge in [0.25, 0.3) is 0 Å². The molecule has 0 aliphatic carbocycles. The highest BCUT2D eigenvalue weighted by Gasteiger charge is 2.27. The molecule has 22 heavy (non-hydrogen) atoms. The highest BCUT2D eigenvalue weighted by atomic mass is 16.3. The zero-order valence-electron chi connectivity index (χ0n) is 13.1. The van der Waals surface area contributed by atoms with Crippen LogP contribution in [0.15, 0.2) is 24.5 Å². The number of aliphatic hydroxyl groups is 2. The first kappa shape index (κ1) is 16.9. The summed E-state index contributed by atoms with van der Waals surface area (Å²) in [6.07, 6.45) is 4.35. The Morgan fingerprint density at radius 1 is 1.41 bits per heavy atom. The van der Waals surface area contributed by atoms with Gasteiger partial charge in [0.2, 0.25) is 5.91 Å². The standard InChI is InChI=1S/C16H25N3O3/c1-18(10-13-2-6-17-7-3-13)11-16(22)19-8-4-14(5-9-19)15(21)12-20/h2-3,6-7,14-15,20-21H,4-5,8-12H2,1H3. The number of aliphatic hydroxyl groups excluding tert-OH is 2. The molecule has 1 saturated heterocycles. The molecule has 1 amide bonds. The number of piperidine rings is 1. The third-order valence-electron chi connectivity index (χ3n) is 4.23. The fourth-order valence-electron chi connectivity index (χ4n) is 2.87. The average molecular weight is 307 g/mol. The van der Waals surface area contributed by atoms with E-state index in [1.54, 1.807) is 12.4 Å². The number of aromatic nitrogens is 1. The lowest BCUT2D eigenvalue weighted by Crippen LogP contribution is -2.45. The van der Waals surface area contributed by atoms with Crippen molar-refractivity contribution in [2.24, 2.45) is 5.92 Å². The predicted molar refractivity (Wildman–Crippen MR) is 83.0 cm³/mol. The SMILES string of the molecule is CN(CC(=O)N1CCC(C(O)CO)CC1)Cc1ccncc1. The van der Waals surface area contributed by atoms with Gasteiger partial charge in [0.1, 0.15) is 0 Å². The molecule has 1 aromatic heterocycles. The van der Waals surface area contributed by atoms with Crippen LogP contribution in [0.3, 0.4) is 0 Å². The molecule has 0 radical (unpaired) electrons. The van der Waals surface area contributed by atoms with E-state index in [0.717, 1.165) is 18.4 Å². The second-order valence-corrected chi connectivity index (χ2v) is 6.00. The summed E-state index contributed by atoms with van der Waals surface area (Å²) in [6, 6.07) is 3.89. The third-order valence-corrected chi connectivity index (χ3v) is 4.23. The van der Waals surface area contributed by atoms with Crippen LogP contribution in [-0.4, -0.2) is 70.3 Å². The fraction of sp³-hybridized carbons (Fsp3) is 0.625. The Kier molecular flexibility index (Phi) is 6.30. The zero-order valence-corrected chi connectivity index (χ0v) is 13.1. The van der Waals surface area contributed by atoms with Crippen molar-refractivity contribution in [3.8, 4) is 0 Å². The zero-order chi connectivity index (χ0) is 15.9. The van der Waals surface area contributed by atoms with E-state index in [1.165, 1.54) is 0 Å². The first-order valence-electron chi connectivity index (χ1n) is 7.74. The molecule has 1 fully saturated rings. The summed E-state index contributed by atoms with van der Waals surface area (Å²) in [4.78, 5) is 20.1. The van der Waals surface area contributed by atoms with Gasteiger partial charge in [-0.25, -0.2) is 0 Å². The predicted octanol–water partition coefficient (Wildman–Crippen LogP) is 0.105. The van der Waals surface area contributed by atoms with Crippen molar-refractivity contribution in [2.75, 3.05) is 33.3 Å². The van der Waals surface area contributed by atoms with E-state index in [4.69, 9.17) is 5.11 Å². The first-order valence-corrected chi connectivity index (χ1v) is 7.74. The number of hydrogen-bond donors (Lipinski definition) is 2. The van der Waals surface area contributed by atoms with Crippen molar-refractivity contribution in [2.45, 2.75) is 25.5 Å². The molecule has 1 aliphatic rings. The molecule has 1 atom stereocenters. The lowest BCUT2D eigenvalue weighted by Gasteiger charge is -2.34. The third kappa shape index (κ3) is 4.76. The van der Waals surface area contributed by atoms with Gasteiger partial charge in [-0.05, 0) is 43.5 Å². The minimum atomic E-state index is -0.661. The molecule has 122 valence electrons. The number of rotatable bonds is 6. The molecule has 2 heterocycles. The number of carbonyl (C=O) groups is 1. The molecule has 6 heteroatoms. The molecule has 0 bridgehead atoms. The topological polar surface area (TPSA) is 76.9 Å². The largest absolute Gasteiger partial charge is 0.394 e. The summed E-state index contributed by atoms with van der Waals surface area (Å²) in [5, 5.41) is 18.6. The Balaban J connectivity index is 1.76. The second-order valence-electron chi connectivity index (χ2n) is 6.00. The van der Waals surface area contributed by atoms with Gasteiger partial charge in [0.05, 0.1) is 19.3 Å². The van der Waals surface area contributed by atoms with E-state index < -0.39 is 6.10 Å². The average Bonchev–Trinajstić information content (AvgIpc) is 2.55. The summed E-state index contributed by atoms with van der Waals surface area (Å²) < 4.78 is 0. The highest BCUT2D eigenvalue weighted by molar-refractivity contribution is 5.78. The highest BCUT2D eigenvalue weighted by Crippen LogP contribution is 2.20. The van der Waals surface area contributed by atoms with Crippen LogP contribution < -0.4 is 0 Å². The van der Waals surface area contributed by atoms with Gasteiger partial charge in [0, 0.05) is 32.0 Å². The molecule has 0 saturated carbocycles. The molecule has 6 nitrogen and oxygen atoms in total. The van der Waals surface area contributed by atoms with Gasteiger partial charge < -0.3 is 15.1 Å². The Hall–Kier alpha value is -1.50. The van der Waals surface area contributed by atoms with E-state index in [2.05, 4.69) is 4.98 Å². The number of pyridine rings is 1. The van der Waals surface area contributed by atoms with E-state index in [1.807, 2.05) is 29.0 Å². The maximum atomic E-state index is 12.3. The molecule has 1 aromatic rings. The van der Waals surface area contributed by atoms with Crippen molar-refractivity contribution < 1.29 is 15.0 Å². The van der Waals surface area contributed by atoms with Crippen LogP contribution in [0, 0.1) is 5.92 Å². The Labute approximate surface area is 131 Å². The van der Waals surface area contributed by atoms with Gasteiger partial charge in [-0.15, -0.1) is 0 Å². The minimum Gasteiger partial charge on any atom is -0.394 e. The molecule has 2 rings (SSSR count). The molecule has 1 aliphatic heterocycles. The number of amides is 1. The van der Waals surface area contributed by atoms with Crippen LogP contribution in [0.4, 0.5) is 0 Å². The monoisotopic (exact) mass is 307 g/mol. The van der Waals surface area contributed by atoms with Gasteiger partial charge in [-0.1, -0.05) is 0 Å². The molecule has 2 N–H and O–H groups in total. The summed E-state index contributed by atoms with van der Waals surface area (Å²) in [5.74, 6) is 0.220. The quantitative estimate of drug-likeness (QED) is 0.780. The Morgan fingerprint density at radius 3 is 2.64 bits per heavy atom. The van der Waals surface area contributed by atoms with E-state index in [-0.39, 0.29) is 18.4 Å². The van der Waals surface area contributed by atoms with E-state index >= 15 is 0 Å². The second kappa shape index (κ2) is 8.22. The van der Waals surface area contributed by atoms with E-state index in [0.29, 0.717) is 26.2 Å². The van der Waals surface area contributed by atoms with Crippen LogP contribution in [-0.2, 0) is 11.3 Å². The van der Waals surface area contributed by atoms with Crippen molar-refractivity contribution in [3.05, 3.63) is 30.1 Å². The summed E-state index contributed by atoms with van der Waals surface area (Å²) >= 11 is 0. The molecule has 1 unspecified atom stereocenters. The summed E-state index contributed by atoms with van der Waals surface area (Å²) in [6.45, 7) is 2.21. The fourth-order valence-corrected chi connectivity index (χ4v) is 2.87. The number of carbonyl (C=O) groups excluding carboxylic acids is 1. The molecular formula is C16H25N3O3. The van der Waals surface area contributed by atoms with E-state index in [9.17, 15) is 9.90 Å². The van der Waals surface area contributed by atoms with Crippen molar-refractivity contribution in [3.63, 3.8) is 0 Å². The van der Waals surface area contributed by atoms with Gasteiger partial charge in [0.15, 0.2) is 0 Å². The van der Waals surface area contributed by atoms with Crippen LogP contribution in [0.1, 0.15) is 18.4 Å². The van der Waals surface area contributed by atoms with Crippen molar-refractivity contribution in [1.82, 2.24) is 14.8 Å².